The molecule has 20 heavy (non-hydrogen) atoms. The molecule has 2 aromatic rings. The van der Waals surface area contributed by atoms with Gasteiger partial charge in [-0.25, -0.2) is 0 Å². The van der Waals surface area contributed by atoms with E-state index in [1.807, 2.05) is 46.8 Å². The molecule has 0 aromatic carbocycles. The maximum Gasteiger partial charge on any atom is 0.319 e. The van der Waals surface area contributed by atoms with Crippen molar-refractivity contribution in [1.82, 2.24) is 9.30 Å². The molecule has 2 heterocycles. The second kappa shape index (κ2) is 6.22. The molecule has 0 spiro atoms. The van der Waals surface area contributed by atoms with Crippen LogP contribution < -0.4 is 0 Å². The average Bonchev–Trinajstić information content (AvgIpc) is 2.83. The Bertz CT molecular complexity index is 655. The van der Waals surface area contributed by atoms with Gasteiger partial charge in [-0.3, -0.25) is 9.69 Å². The van der Waals surface area contributed by atoms with E-state index < -0.39 is 0 Å². The summed E-state index contributed by atoms with van der Waals surface area (Å²) in [4.78, 5) is 13.3. The molecule has 104 valence electrons. The van der Waals surface area contributed by atoms with E-state index >= 15 is 0 Å². The van der Waals surface area contributed by atoms with Gasteiger partial charge in [-0.05, 0) is 18.7 Å². The van der Waals surface area contributed by atoms with Crippen molar-refractivity contribution in [3.05, 3.63) is 41.7 Å². The standard InChI is InChI=1S/C15H17N3O2/c1-3-17(11-15(19)20-2)9-12-10-18-7-5-4-6-14(18)13(12)8-16/h4-7,10H,3,9,11H2,1-2H3. The third-order valence-electron chi connectivity index (χ3n) is 3.30. The number of rotatable bonds is 5. The van der Waals surface area contributed by atoms with Crippen LogP contribution in [0.25, 0.3) is 5.52 Å². The third-order valence-corrected chi connectivity index (χ3v) is 3.30. The second-order valence-corrected chi connectivity index (χ2v) is 4.51. The van der Waals surface area contributed by atoms with Crippen LogP contribution in [0, 0.1) is 11.3 Å². The van der Waals surface area contributed by atoms with Crippen molar-refractivity contribution in [3.8, 4) is 6.07 Å². The number of esters is 1. The molecule has 5 nitrogen and oxygen atoms in total. The summed E-state index contributed by atoms with van der Waals surface area (Å²) in [5, 5.41) is 9.35. The number of nitrogens with zero attached hydrogens (tertiary/aromatic N) is 3. The quantitative estimate of drug-likeness (QED) is 0.778. The number of hydrogen-bond acceptors (Lipinski definition) is 4. The van der Waals surface area contributed by atoms with Crippen LogP contribution in [-0.4, -0.2) is 35.5 Å². The van der Waals surface area contributed by atoms with Crippen molar-refractivity contribution in [2.24, 2.45) is 0 Å². The molecule has 2 rings (SSSR count). The lowest BCUT2D eigenvalue weighted by atomic mass is 10.1. The smallest absolute Gasteiger partial charge is 0.319 e. The van der Waals surface area contributed by atoms with Crippen molar-refractivity contribution in [1.29, 1.82) is 5.26 Å². The van der Waals surface area contributed by atoms with E-state index in [0.717, 1.165) is 11.1 Å². The molecular formula is C15H17N3O2. The molecule has 0 N–H and O–H groups in total. The number of likely N-dealkylation sites (N-methyl/N-ethyl adjacent to an activating group) is 1. The van der Waals surface area contributed by atoms with Crippen LogP contribution in [-0.2, 0) is 16.1 Å². The lowest BCUT2D eigenvalue weighted by molar-refractivity contribution is -0.142. The number of pyridine rings is 1. The molecule has 0 aliphatic heterocycles. The van der Waals surface area contributed by atoms with Crippen LogP contribution in [0.4, 0.5) is 0 Å². The van der Waals surface area contributed by atoms with Gasteiger partial charge < -0.3 is 9.14 Å². The summed E-state index contributed by atoms with van der Waals surface area (Å²) < 4.78 is 6.62. The zero-order valence-corrected chi connectivity index (χ0v) is 11.7. The van der Waals surface area contributed by atoms with Gasteiger partial charge in [0.15, 0.2) is 0 Å². The molecule has 0 saturated heterocycles. The Hall–Kier alpha value is -2.32. The van der Waals surface area contributed by atoms with Gasteiger partial charge in [-0.15, -0.1) is 0 Å². The molecular weight excluding hydrogens is 254 g/mol. The highest BCUT2D eigenvalue weighted by molar-refractivity contribution is 5.71. The Morgan fingerprint density at radius 1 is 1.50 bits per heavy atom. The summed E-state index contributed by atoms with van der Waals surface area (Å²) in [5.74, 6) is -0.269. The molecule has 0 radical (unpaired) electrons. The first kappa shape index (κ1) is 14.1. The van der Waals surface area contributed by atoms with Crippen LogP contribution in [0.5, 0.6) is 0 Å². The molecule has 0 amide bonds. The van der Waals surface area contributed by atoms with Gasteiger partial charge in [0.2, 0.25) is 0 Å². The van der Waals surface area contributed by atoms with Gasteiger partial charge in [0.05, 0.1) is 24.7 Å². The minimum Gasteiger partial charge on any atom is -0.468 e. The van der Waals surface area contributed by atoms with Crippen LogP contribution in [0.1, 0.15) is 18.1 Å². The van der Waals surface area contributed by atoms with E-state index in [1.165, 1.54) is 7.11 Å². The number of ether oxygens (including phenoxy) is 1. The Labute approximate surface area is 118 Å². The lowest BCUT2D eigenvalue weighted by Gasteiger charge is -2.18. The fraction of sp³-hybridized carbons (Fsp3) is 0.333. The highest BCUT2D eigenvalue weighted by Gasteiger charge is 2.15. The highest BCUT2D eigenvalue weighted by atomic mass is 16.5. The number of fused-ring (bicyclic) bond motifs is 1. The SMILES string of the molecule is CCN(CC(=O)OC)Cc1cn2ccccc2c1C#N. The van der Waals surface area contributed by atoms with E-state index in [4.69, 9.17) is 0 Å². The Balaban J connectivity index is 2.28. The lowest BCUT2D eigenvalue weighted by Crippen LogP contribution is -2.30. The molecule has 0 atom stereocenters. The van der Waals surface area contributed by atoms with E-state index in [9.17, 15) is 10.1 Å². The van der Waals surface area contributed by atoms with E-state index in [1.54, 1.807) is 0 Å². The number of carbonyl (C=O) groups is 1. The third kappa shape index (κ3) is 2.81. The molecule has 0 unspecified atom stereocenters. The number of methoxy groups -OCH3 is 1. The zero-order chi connectivity index (χ0) is 14.5. The monoisotopic (exact) mass is 271 g/mol. The first-order valence-corrected chi connectivity index (χ1v) is 6.47. The number of nitriles is 1. The predicted octanol–water partition coefficient (Wildman–Crippen LogP) is 1.81. The van der Waals surface area contributed by atoms with Gasteiger partial charge in [0.25, 0.3) is 0 Å². The minimum atomic E-state index is -0.269. The summed E-state index contributed by atoms with van der Waals surface area (Å²) >= 11 is 0. The van der Waals surface area contributed by atoms with Crippen molar-refractivity contribution < 1.29 is 9.53 Å². The molecule has 2 aromatic heterocycles. The number of aromatic nitrogens is 1. The van der Waals surface area contributed by atoms with Gasteiger partial charge in [0, 0.05) is 24.5 Å². The van der Waals surface area contributed by atoms with Crippen molar-refractivity contribution in [2.45, 2.75) is 13.5 Å². The highest BCUT2D eigenvalue weighted by Crippen LogP contribution is 2.19. The molecule has 0 saturated carbocycles. The normalized spacial score (nSPS) is 10.7. The number of hydrogen-bond donors (Lipinski definition) is 0. The summed E-state index contributed by atoms with van der Waals surface area (Å²) in [6.07, 6.45) is 3.85. The Morgan fingerprint density at radius 2 is 2.30 bits per heavy atom. The average molecular weight is 271 g/mol. The molecule has 0 fully saturated rings. The van der Waals surface area contributed by atoms with E-state index in [-0.39, 0.29) is 12.5 Å². The minimum absolute atomic E-state index is 0.226. The first-order chi connectivity index (χ1) is 9.69. The van der Waals surface area contributed by atoms with E-state index in [2.05, 4.69) is 10.8 Å². The van der Waals surface area contributed by atoms with E-state index in [0.29, 0.717) is 18.7 Å². The van der Waals surface area contributed by atoms with Crippen LogP contribution in [0.3, 0.4) is 0 Å². The van der Waals surface area contributed by atoms with Crippen LogP contribution in [0.2, 0.25) is 0 Å². The number of carbonyl (C=O) groups excluding carboxylic acids is 1. The largest absolute Gasteiger partial charge is 0.468 e. The Morgan fingerprint density at radius 3 is 2.95 bits per heavy atom. The fourth-order valence-electron chi connectivity index (χ4n) is 2.19. The summed E-state index contributed by atoms with van der Waals surface area (Å²) in [6, 6.07) is 8.00. The molecule has 5 heteroatoms. The molecule has 0 aliphatic carbocycles. The van der Waals surface area contributed by atoms with Gasteiger partial charge >= 0.3 is 5.97 Å². The van der Waals surface area contributed by atoms with Crippen molar-refractivity contribution >= 4 is 11.5 Å². The van der Waals surface area contributed by atoms with Crippen molar-refractivity contribution in [3.63, 3.8) is 0 Å². The van der Waals surface area contributed by atoms with Gasteiger partial charge in [0.1, 0.15) is 6.07 Å². The summed E-state index contributed by atoms with van der Waals surface area (Å²) in [5.41, 5.74) is 2.47. The first-order valence-electron chi connectivity index (χ1n) is 6.47. The predicted molar refractivity (Wildman–Crippen MR) is 75.1 cm³/mol. The van der Waals surface area contributed by atoms with Crippen LogP contribution in [0.15, 0.2) is 30.6 Å². The summed E-state index contributed by atoms with van der Waals surface area (Å²) in [7, 11) is 1.38. The second-order valence-electron chi connectivity index (χ2n) is 4.51. The zero-order valence-electron chi connectivity index (χ0n) is 11.7. The maximum absolute atomic E-state index is 11.4. The van der Waals surface area contributed by atoms with Gasteiger partial charge in [-0.1, -0.05) is 13.0 Å². The van der Waals surface area contributed by atoms with Crippen molar-refractivity contribution in [2.75, 3.05) is 20.2 Å². The summed E-state index contributed by atoms with van der Waals surface area (Å²) in [6.45, 7) is 3.47. The molecule has 0 bridgehead atoms. The van der Waals surface area contributed by atoms with Crippen LogP contribution >= 0.6 is 0 Å². The topological polar surface area (TPSA) is 57.7 Å². The molecule has 0 aliphatic rings. The van der Waals surface area contributed by atoms with Gasteiger partial charge in [-0.2, -0.15) is 5.26 Å². The maximum atomic E-state index is 11.4. The Kier molecular flexibility index (Phi) is 4.38. The fourth-order valence-corrected chi connectivity index (χ4v) is 2.19.